The van der Waals surface area contributed by atoms with Gasteiger partial charge >= 0.3 is 0 Å². The van der Waals surface area contributed by atoms with Gasteiger partial charge in [0.25, 0.3) is 5.56 Å². The van der Waals surface area contributed by atoms with Crippen LogP contribution in [0.15, 0.2) is 40.0 Å². The highest BCUT2D eigenvalue weighted by Crippen LogP contribution is 2.63. The number of fused-ring (bicyclic) bond motifs is 2. The number of hydrogen-bond acceptors (Lipinski definition) is 5. The molecule has 0 radical (unpaired) electrons. The van der Waals surface area contributed by atoms with Crippen molar-refractivity contribution in [1.82, 2.24) is 20.1 Å². The summed E-state index contributed by atoms with van der Waals surface area (Å²) in [5.41, 5.74) is 1.72. The molecule has 2 fully saturated rings. The van der Waals surface area contributed by atoms with Gasteiger partial charge in [-0.2, -0.15) is 5.10 Å². The van der Waals surface area contributed by atoms with Crippen LogP contribution in [0.2, 0.25) is 0 Å². The van der Waals surface area contributed by atoms with E-state index in [-0.39, 0.29) is 34.9 Å². The highest BCUT2D eigenvalue weighted by molar-refractivity contribution is 9.10. The Kier molecular flexibility index (Phi) is 5.46. The molecule has 0 aromatic carbocycles. The Labute approximate surface area is 184 Å². The molecule has 8 heteroatoms. The van der Waals surface area contributed by atoms with Crippen LogP contribution in [0.4, 0.5) is 5.69 Å². The molecule has 2 aromatic rings. The van der Waals surface area contributed by atoms with E-state index in [0.29, 0.717) is 22.6 Å². The van der Waals surface area contributed by atoms with Gasteiger partial charge in [0.15, 0.2) is 0 Å². The third-order valence-electron chi connectivity index (χ3n) is 7.09. The van der Waals surface area contributed by atoms with Crippen LogP contribution in [0.5, 0.6) is 0 Å². The van der Waals surface area contributed by atoms with Gasteiger partial charge in [-0.05, 0) is 69.6 Å². The van der Waals surface area contributed by atoms with Crippen molar-refractivity contribution in [1.29, 1.82) is 0 Å². The third kappa shape index (κ3) is 3.77. The number of aromatic nitrogens is 3. The van der Waals surface area contributed by atoms with Crippen molar-refractivity contribution in [2.45, 2.75) is 59.2 Å². The first-order chi connectivity index (χ1) is 14.2. The SMILES string of the molecule is CC1(C)C2CC[C@@](C)(C2)[C@H]1Nc1cnn(CC(=O)NCc2ccncc2)c(=O)c1Br. The molecule has 7 nitrogen and oxygen atoms in total. The Morgan fingerprint density at radius 2 is 2.03 bits per heavy atom. The van der Waals surface area contributed by atoms with E-state index in [0.717, 1.165) is 5.56 Å². The van der Waals surface area contributed by atoms with Crippen molar-refractivity contribution in [2.75, 3.05) is 5.32 Å². The lowest BCUT2D eigenvalue weighted by Crippen LogP contribution is -2.46. The fourth-order valence-corrected chi connectivity index (χ4v) is 5.81. The number of carbonyl (C=O) groups excluding carboxylic acids is 1. The first kappa shape index (κ1) is 21.0. The van der Waals surface area contributed by atoms with Gasteiger partial charge in [0.2, 0.25) is 5.91 Å². The predicted molar refractivity (Wildman–Crippen MR) is 119 cm³/mol. The number of pyridine rings is 1. The molecule has 1 amide bonds. The summed E-state index contributed by atoms with van der Waals surface area (Å²) in [5.74, 6) is 0.437. The molecule has 0 spiro atoms. The van der Waals surface area contributed by atoms with E-state index < -0.39 is 0 Å². The van der Waals surface area contributed by atoms with Gasteiger partial charge < -0.3 is 10.6 Å². The molecule has 2 N–H and O–H groups in total. The number of rotatable bonds is 6. The molecule has 2 heterocycles. The molecule has 4 rings (SSSR count). The van der Waals surface area contributed by atoms with E-state index in [2.05, 4.69) is 57.4 Å². The van der Waals surface area contributed by atoms with Gasteiger partial charge in [0.1, 0.15) is 11.0 Å². The minimum absolute atomic E-state index is 0.127. The summed E-state index contributed by atoms with van der Waals surface area (Å²) >= 11 is 3.44. The zero-order chi connectivity index (χ0) is 21.5. The van der Waals surface area contributed by atoms with Crippen LogP contribution in [-0.4, -0.2) is 26.7 Å². The van der Waals surface area contributed by atoms with E-state index in [9.17, 15) is 9.59 Å². The number of nitrogens with one attached hydrogen (secondary N) is 2. The summed E-state index contributed by atoms with van der Waals surface area (Å²) < 4.78 is 1.60. The fourth-order valence-electron chi connectivity index (χ4n) is 5.39. The van der Waals surface area contributed by atoms with E-state index >= 15 is 0 Å². The zero-order valence-electron chi connectivity index (χ0n) is 17.6. The minimum atomic E-state index is -0.315. The molecule has 2 aromatic heterocycles. The highest BCUT2D eigenvalue weighted by atomic mass is 79.9. The van der Waals surface area contributed by atoms with Crippen molar-refractivity contribution in [3.8, 4) is 0 Å². The largest absolute Gasteiger partial charge is 0.379 e. The standard InChI is InChI=1S/C22H28BrN5O2/c1-21(2)15-4-7-22(3,10-15)20(21)27-16-12-26-28(19(30)18(16)23)13-17(29)25-11-14-5-8-24-9-6-14/h5-6,8-9,12,15,20,27H,4,7,10-11,13H2,1-3H3,(H,25,29)/t15?,20-,22-/m0/s1. The molecule has 2 aliphatic carbocycles. The Morgan fingerprint density at radius 3 is 2.70 bits per heavy atom. The smallest absolute Gasteiger partial charge is 0.283 e. The maximum atomic E-state index is 12.8. The van der Waals surface area contributed by atoms with Crippen LogP contribution >= 0.6 is 15.9 Å². The summed E-state index contributed by atoms with van der Waals surface area (Å²) in [7, 11) is 0. The molecule has 2 bridgehead atoms. The van der Waals surface area contributed by atoms with Crippen LogP contribution in [0, 0.1) is 16.7 Å². The Morgan fingerprint density at radius 1 is 1.30 bits per heavy atom. The topological polar surface area (TPSA) is 88.9 Å². The molecule has 3 atom stereocenters. The van der Waals surface area contributed by atoms with Gasteiger partial charge in [-0.25, -0.2) is 4.68 Å². The molecule has 0 saturated heterocycles. The minimum Gasteiger partial charge on any atom is -0.379 e. The van der Waals surface area contributed by atoms with Gasteiger partial charge in [0, 0.05) is 25.0 Å². The van der Waals surface area contributed by atoms with Crippen LogP contribution < -0.4 is 16.2 Å². The molecule has 160 valence electrons. The van der Waals surface area contributed by atoms with Crippen molar-refractivity contribution < 1.29 is 4.79 Å². The first-order valence-electron chi connectivity index (χ1n) is 10.4. The number of halogens is 1. The van der Waals surface area contributed by atoms with E-state index in [1.165, 1.54) is 23.9 Å². The monoisotopic (exact) mass is 473 g/mol. The molecular weight excluding hydrogens is 446 g/mol. The lowest BCUT2D eigenvalue weighted by Gasteiger charge is -2.43. The molecule has 30 heavy (non-hydrogen) atoms. The molecule has 2 saturated carbocycles. The molecule has 0 aliphatic heterocycles. The summed E-state index contributed by atoms with van der Waals surface area (Å²) in [6.45, 7) is 7.23. The van der Waals surface area contributed by atoms with Crippen molar-refractivity contribution in [3.05, 3.63) is 51.1 Å². The van der Waals surface area contributed by atoms with Crippen molar-refractivity contribution in [2.24, 2.45) is 16.7 Å². The quantitative estimate of drug-likeness (QED) is 0.671. The summed E-state index contributed by atoms with van der Waals surface area (Å²) in [6.07, 6.45) is 8.70. The number of nitrogens with zero attached hydrogens (tertiary/aromatic N) is 3. The number of carbonyl (C=O) groups is 1. The van der Waals surface area contributed by atoms with E-state index in [4.69, 9.17) is 0 Å². The lowest BCUT2D eigenvalue weighted by atomic mass is 9.68. The summed E-state index contributed by atoms with van der Waals surface area (Å²) in [4.78, 5) is 29.0. The summed E-state index contributed by atoms with van der Waals surface area (Å²) in [5, 5.41) is 10.7. The normalized spacial score (nSPS) is 26.5. The number of hydrogen-bond donors (Lipinski definition) is 2. The van der Waals surface area contributed by atoms with Crippen LogP contribution in [0.1, 0.15) is 45.6 Å². The fraction of sp³-hybridized carbons (Fsp3) is 0.545. The maximum absolute atomic E-state index is 12.8. The van der Waals surface area contributed by atoms with Gasteiger partial charge in [-0.3, -0.25) is 14.6 Å². The average Bonchev–Trinajstić information content (AvgIpc) is 3.20. The first-order valence-corrected chi connectivity index (χ1v) is 11.2. The Hall–Kier alpha value is -2.22. The Balaban J connectivity index is 1.45. The molecule has 2 aliphatic rings. The predicted octanol–water partition coefficient (Wildman–Crippen LogP) is 3.34. The van der Waals surface area contributed by atoms with Crippen LogP contribution in [-0.2, 0) is 17.9 Å². The second-order valence-corrected chi connectivity index (χ2v) is 10.3. The third-order valence-corrected chi connectivity index (χ3v) is 7.85. The van der Waals surface area contributed by atoms with Crippen LogP contribution in [0.3, 0.4) is 0 Å². The van der Waals surface area contributed by atoms with Crippen molar-refractivity contribution >= 4 is 27.5 Å². The second-order valence-electron chi connectivity index (χ2n) is 9.46. The highest BCUT2D eigenvalue weighted by Gasteiger charge is 2.59. The van der Waals surface area contributed by atoms with Gasteiger partial charge in [-0.15, -0.1) is 0 Å². The average molecular weight is 474 g/mol. The van der Waals surface area contributed by atoms with E-state index in [1.54, 1.807) is 18.6 Å². The van der Waals surface area contributed by atoms with E-state index in [1.807, 2.05) is 12.1 Å². The van der Waals surface area contributed by atoms with Gasteiger partial charge in [0.05, 0.1) is 11.9 Å². The number of anilines is 1. The molecular formula is C22H28BrN5O2. The number of amides is 1. The van der Waals surface area contributed by atoms with Crippen molar-refractivity contribution in [3.63, 3.8) is 0 Å². The molecule has 1 unspecified atom stereocenters. The lowest BCUT2D eigenvalue weighted by molar-refractivity contribution is -0.122. The second kappa shape index (κ2) is 7.80. The summed E-state index contributed by atoms with van der Waals surface area (Å²) in [6, 6.07) is 3.94. The van der Waals surface area contributed by atoms with Gasteiger partial charge in [-0.1, -0.05) is 20.8 Å². The van der Waals surface area contributed by atoms with Crippen LogP contribution in [0.25, 0.3) is 0 Å². The zero-order valence-corrected chi connectivity index (χ0v) is 19.2. The maximum Gasteiger partial charge on any atom is 0.283 e. The Bertz CT molecular complexity index is 1000.